The Morgan fingerprint density at radius 2 is 1.66 bits per heavy atom. The van der Waals surface area contributed by atoms with Gasteiger partial charge in [0.05, 0.1) is 17.0 Å². The molecule has 0 bridgehead atoms. The minimum absolute atomic E-state index is 0.0143. The lowest BCUT2D eigenvalue weighted by atomic mass is 10.0. The third-order valence-electron chi connectivity index (χ3n) is 7.59. The summed E-state index contributed by atoms with van der Waals surface area (Å²) in [6.07, 6.45) is 10.8. The molecule has 11 heteroatoms. The maximum Gasteiger partial charge on any atom is 0.418 e. The molecule has 1 N–H and O–H groups in total. The molecule has 2 aromatic carbocycles. The van der Waals surface area contributed by atoms with Crippen LogP contribution in [0, 0.1) is 0 Å². The molecule has 1 aliphatic rings. The Kier molecular flexibility index (Phi) is 11.7. The average Bonchev–Trinajstić information content (AvgIpc) is 3.50. The molecule has 1 unspecified atom stereocenters. The van der Waals surface area contributed by atoms with E-state index in [1.807, 2.05) is 0 Å². The summed E-state index contributed by atoms with van der Waals surface area (Å²) in [5.41, 5.74) is -1.34. The summed E-state index contributed by atoms with van der Waals surface area (Å²) in [5.74, 6) is -2.17. The number of unbranched alkanes of at least 4 members (excludes halogenated alkanes) is 9. The number of hydrogen-bond donors (Lipinski definition) is 1. The number of rotatable bonds is 17. The zero-order chi connectivity index (χ0) is 31.7. The van der Waals surface area contributed by atoms with Crippen LogP contribution in [-0.4, -0.2) is 51.2 Å². The lowest BCUT2D eigenvalue weighted by Crippen LogP contribution is -2.53. The Balaban J connectivity index is 1.46. The minimum Gasteiger partial charge on any atom is -0.491 e. The van der Waals surface area contributed by atoms with Crippen LogP contribution in [-0.2, 0) is 14.3 Å². The van der Waals surface area contributed by atoms with Gasteiger partial charge in [0, 0.05) is 10.4 Å². The molecule has 44 heavy (non-hydrogen) atoms. The van der Waals surface area contributed by atoms with E-state index in [1.54, 1.807) is 36.4 Å². The average molecular weight is 642 g/mol. The van der Waals surface area contributed by atoms with Crippen molar-refractivity contribution in [3.8, 4) is 5.75 Å². The molecular weight excluding hydrogens is 602 g/mol. The fourth-order valence-electron chi connectivity index (χ4n) is 5.15. The number of Topliss-reactive ketones (excluding diaryl/α,β-unsaturated/α-hetero) is 1. The Morgan fingerprint density at radius 1 is 1.00 bits per heavy atom. The Morgan fingerprint density at radius 3 is 2.32 bits per heavy atom. The number of imide groups is 1. The van der Waals surface area contributed by atoms with E-state index in [0.29, 0.717) is 27.7 Å². The molecular formula is C33H40ClN3O6S. The number of anilines is 1. The van der Waals surface area contributed by atoms with Gasteiger partial charge in [-0.1, -0.05) is 94.5 Å². The summed E-state index contributed by atoms with van der Waals surface area (Å²) in [6.45, 7) is 5.46. The van der Waals surface area contributed by atoms with Crippen molar-refractivity contribution >= 4 is 62.6 Å². The first-order valence-electron chi connectivity index (χ1n) is 15.3. The molecule has 3 aromatic rings. The van der Waals surface area contributed by atoms with Crippen LogP contribution >= 0.6 is 23.1 Å². The summed E-state index contributed by atoms with van der Waals surface area (Å²) < 4.78 is 16.2. The molecule has 236 valence electrons. The maximum atomic E-state index is 13.9. The van der Waals surface area contributed by atoms with E-state index >= 15 is 0 Å². The molecule has 3 amide bonds. The third kappa shape index (κ3) is 8.15. The first-order valence-corrected chi connectivity index (χ1v) is 16.5. The summed E-state index contributed by atoms with van der Waals surface area (Å²) in [6, 6.07) is 9.95. The van der Waals surface area contributed by atoms with Gasteiger partial charge in [-0.15, -0.1) is 0 Å². The van der Waals surface area contributed by atoms with Crippen LogP contribution in [0.15, 0.2) is 42.5 Å². The number of amides is 3. The largest absolute Gasteiger partial charge is 0.491 e. The van der Waals surface area contributed by atoms with Crippen LogP contribution in [0.3, 0.4) is 0 Å². The normalized spacial score (nSPS) is 15.0. The van der Waals surface area contributed by atoms with Crippen molar-refractivity contribution in [2.24, 2.45) is 0 Å². The third-order valence-corrected chi connectivity index (χ3v) is 8.66. The number of cyclic esters (lactones) is 1. The van der Waals surface area contributed by atoms with E-state index < -0.39 is 35.3 Å². The maximum absolute atomic E-state index is 13.9. The van der Waals surface area contributed by atoms with Crippen molar-refractivity contribution in [3.05, 3.63) is 53.2 Å². The van der Waals surface area contributed by atoms with Crippen molar-refractivity contribution < 1.29 is 28.7 Å². The van der Waals surface area contributed by atoms with Crippen LogP contribution < -0.4 is 10.1 Å². The molecule has 2 heterocycles. The second-order valence-electron chi connectivity index (χ2n) is 11.5. The number of ketones is 1. The van der Waals surface area contributed by atoms with Crippen molar-refractivity contribution in [1.82, 2.24) is 9.27 Å². The van der Waals surface area contributed by atoms with Gasteiger partial charge in [-0.25, -0.2) is 9.69 Å². The van der Waals surface area contributed by atoms with E-state index in [-0.39, 0.29) is 11.4 Å². The van der Waals surface area contributed by atoms with Crippen LogP contribution in [0.1, 0.15) is 95.5 Å². The Bertz CT molecular complexity index is 1490. The number of fused-ring (bicyclic) bond motifs is 1. The first-order chi connectivity index (χ1) is 21.1. The van der Waals surface area contributed by atoms with E-state index in [9.17, 15) is 19.2 Å². The van der Waals surface area contributed by atoms with Gasteiger partial charge in [-0.3, -0.25) is 14.4 Å². The van der Waals surface area contributed by atoms with E-state index in [4.69, 9.17) is 21.1 Å². The van der Waals surface area contributed by atoms with Crippen molar-refractivity contribution in [2.75, 3.05) is 11.9 Å². The molecule has 1 fully saturated rings. The van der Waals surface area contributed by atoms with Gasteiger partial charge in [0.25, 0.3) is 11.8 Å². The van der Waals surface area contributed by atoms with E-state index in [1.165, 1.54) is 64.9 Å². The van der Waals surface area contributed by atoms with Gasteiger partial charge >= 0.3 is 6.09 Å². The zero-order valence-electron chi connectivity index (χ0n) is 25.5. The fraction of sp³-hybridized carbons (Fsp3) is 0.485. The first kappa shape index (κ1) is 33.4. The molecule has 9 nitrogen and oxygen atoms in total. The number of carbonyl (C=O) groups excluding carboxylic acids is 4. The van der Waals surface area contributed by atoms with Gasteiger partial charge in [0.15, 0.2) is 11.6 Å². The quantitative estimate of drug-likeness (QED) is 0.0897. The van der Waals surface area contributed by atoms with Gasteiger partial charge in [-0.2, -0.15) is 4.37 Å². The molecule has 0 saturated carbocycles. The van der Waals surface area contributed by atoms with Crippen molar-refractivity contribution in [3.63, 3.8) is 0 Å². The fourth-order valence-corrected chi connectivity index (χ4v) is 6.10. The molecule has 0 spiro atoms. The second-order valence-corrected chi connectivity index (χ2v) is 12.7. The number of carbonyl (C=O) groups is 4. The number of nitrogens with zero attached hydrogens (tertiary/aromatic N) is 2. The predicted molar refractivity (Wildman–Crippen MR) is 173 cm³/mol. The lowest BCUT2D eigenvalue weighted by molar-refractivity contribution is -0.137. The van der Waals surface area contributed by atoms with E-state index in [0.717, 1.165) is 35.5 Å². The summed E-state index contributed by atoms with van der Waals surface area (Å²) in [7, 11) is 0. The lowest BCUT2D eigenvalue weighted by Gasteiger charge is -2.23. The molecule has 1 saturated heterocycles. The Labute approximate surface area is 267 Å². The standard InChI is InChI=1S/C33H40ClN3O6S/c1-4-5-6-7-8-9-10-11-12-15-20-42-25-19-18-22(34)21-24(25)35-30(39)28(37-31(40)33(2,3)43-32(37)41)29(38)27-23-16-13-14-17-26(23)44-36-27/h13-14,16-19,21,28H,4-12,15,20H2,1-3H3,(H,35,39). The highest BCUT2D eigenvalue weighted by Crippen LogP contribution is 2.32. The van der Waals surface area contributed by atoms with Crippen molar-refractivity contribution in [2.45, 2.75) is 96.6 Å². The SMILES string of the molecule is CCCCCCCCCCCCOc1ccc(Cl)cc1NC(=O)C(C(=O)c1nsc2ccccc12)N1C(=O)OC(C)(C)C1=O. The summed E-state index contributed by atoms with van der Waals surface area (Å²) in [5, 5.41) is 3.53. The Hall–Kier alpha value is -3.50. The zero-order valence-corrected chi connectivity index (χ0v) is 27.1. The highest BCUT2D eigenvalue weighted by molar-refractivity contribution is 7.13. The predicted octanol–water partition coefficient (Wildman–Crippen LogP) is 8.20. The van der Waals surface area contributed by atoms with Gasteiger partial charge < -0.3 is 14.8 Å². The van der Waals surface area contributed by atoms with Gasteiger partial charge in [0.2, 0.25) is 5.78 Å². The number of benzene rings is 2. The van der Waals surface area contributed by atoms with Crippen LogP contribution in [0.2, 0.25) is 5.02 Å². The number of aromatic nitrogens is 1. The van der Waals surface area contributed by atoms with E-state index in [2.05, 4.69) is 16.6 Å². The number of nitrogens with one attached hydrogen (secondary N) is 1. The summed E-state index contributed by atoms with van der Waals surface area (Å²) in [4.78, 5) is 54.4. The second kappa shape index (κ2) is 15.5. The highest BCUT2D eigenvalue weighted by Gasteiger charge is 2.54. The molecule has 1 aromatic heterocycles. The minimum atomic E-state index is -1.86. The van der Waals surface area contributed by atoms with Crippen LogP contribution in [0.4, 0.5) is 10.5 Å². The number of hydrogen-bond acceptors (Lipinski definition) is 8. The van der Waals surface area contributed by atoms with Crippen molar-refractivity contribution in [1.29, 1.82) is 0 Å². The van der Waals surface area contributed by atoms with Crippen LogP contribution in [0.5, 0.6) is 5.75 Å². The van der Waals surface area contributed by atoms with Gasteiger partial charge in [-0.05, 0) is 56.1 Å². The monoisotopic (exact) mass is 641 g/mol. The molecule has 1 aliphatic heterocycles. The topological polar surface area (TPSA) is 115 Å². The molecule has 0 aliphatic carbocycles. The number of ether oxygens (including phenoxy) is 2. The number of halogens is 1. The summed E-state index contributed by atoms with van der Waals surface area (Å²) >= 11 is 7.34. The molecule has 0 radical (unpaired) electrons. The highest BCUT2D eigenvalue weighted by atomic mass is 35.5. The smallest absolute Gasteiger partial charge is 0.418 e. The molecule has 1 atom stereocenters. The van der Waals surface area contributed by atoms with Crippen LogP contribution in [0.25, 0.3) is 10.1 Å². The molecule has 4 rings (SSSR count). The van der Waals surface area contributed by atoms with Gasteiger partial charge in [0.1, 0.15) is 11.4 Å².